The zero-order valence-electron chi connectivity index (χ0n) is 12.8. The number of carbonyl (C=O) groups is 4. The molecular weight excluding hydrogens is 336 g/mol. The van der Waals surface area contributed by atoms with Crippen LogP contribution in [0.3, 0.4) is 0 Å². The summed E-state index contributed by atoms with van der Waals surface area (Å²) in [6.07, 6.45) is 2.32. The van der Waals surface area contributed by atoms with Crippen molar-refractivity contribution in [2.24, 2.45) is 0 Å². The molecule has 0 atom stereocenters. The molecule has 2 rings (SSSR count). The van der Waals surface area contributed by atoms with Crippen LogP contribution in [-0.4, -0.2) is 61.2 Å². The van der Waals surface area contributed by atoms with Gasteiger partial charge in [-0.05, 0) is 12.1 Å². The van der Waals surface area contributed by atoms with Crippen molar-refractivity contribution in [2.45, 2.75) is 4.90 Å². The third-order valence-electron chi connectivity index (χ3n) is 3.35. The van der Waals surface area contributed by atoms with E-state index in [9.17, 15) is 27.6 Å². The molecule has 1 saturated heterocycles. The van der Waals surface area contributed by atoms with Crippen LogP contribution in [0.25, 0.3) is 0 Å². The molecule has 126 valence electrons. The average molecular weight is 350 g/mol. The molecule has 1 aromatic carbocycles. The summed E-state index contributed by atoms with van der Waals surface area (Å²) in [5.74, 6) is -2.69. The monoisotopic (exact) mass is 350 g/mol. The molecule has 1 aliphatic rings. The molecule has 0 N–H and O–H groups in total. The fraction of sp³-hybridized carbons (Fsp3) is 0.200. The van der Waals surface area contributed by atoms with Crippen molar-refractivity contribution in [2.75, 3.05) is 19.3 Å². The van der Waals surface area contributed by atoms with Crippen molar-refractivity contribution in [1.29, 1.82) is 0 Å². The van der Waals surface area contributed by atoms with E-state index in [-0.39, 0.29) is 17.0 Å². The molecule has 0 unspecified atom stereocenters. The number of nitrogens with zero attached hydrogens (tertiary/aromatic N) is 2. The molecule has 0 bridgehead atoms. The van der Waals surface area contributed by atoms with E-state index in [1.54, 1.807) is 0 Å². The molecule has 24 heavy (non-hydrogen) atoms. The Morgan fingerprint density at radius 2 is 1.62 bits per heavy atom. The highest BCUT2D eigenvalue weighted by Crippen LogP contribution is 2.15. The Kier molecular flexibility index (Phi) is 4.65. The number of benzene rings is 1. The first kappa shape index (κ1) is 17.5. The summed E-state index contributed by atoms with van der Waals surface area (Å²) in [5, 5.41) is 0. The fourth-order valence-electron chi connectivity index (χ4n) is 2.10. The largest absolute Gasteiger partial charge is 0.334 e. The lowest BCUT2D eigenvalue weighted by molar-refractivity contribution is -0.142. The normalized spacial score (nSPS) is 15.1. The molecule has 0 radical (unpaired) electrons. The van der Waals surface area contributed by atoms with Gasteiger partial charge in [0.1, 0.15) is 0 Å². The number of amides is 4. The topological polar surface area (TPSA) is 109 Å². The molecule has 8 nitrogen and oxygen atoms in total. The van der Waals surface area contributed by atoms with Gasteiger partial charge in [-0.25, -0.2) is 18.1 Å². The van der Waals surface area contributed by atoms with Crippen molar-refractivity contribution in [1.82, 2.24) is 9.80 Å². The molecule has 4 amide bonds. The maximum atomic E-state index is 12.2. The Morgan fingerprint density at radius 3 is 2.12 bits per heavy atom. The van der Waals surface area contributed by atoms with E-state index in [2.05, 4.69) is 6.58 Å². The Morgan fingerprint density at radius 1 is 1.08 bits per heavy atom. The number of rotatable bonds is 6. The second-order valence-corrected chi connectivity index (χ2v) is 7.11. The van der Waals surface area contributed by atoms with Crippen LogP contribution < -0.4 is 0 Å². The Labute approximate surface area is 138 Å². The van der Waals surface area contributed by atoms with E-state index in [0.717, 1.165) is 6.26 Å². The second-order valence-electron chi connectivity index (χ2n) is 5.10. The van der Waals surface area contributed by atoms with E-state index in [4.69, 9.17) is 0 Å². The predicted octanol–water partition coefficient (Wildman–Crippen LogP) is 0.250. The van der Waals surface area contributed by atoms with Gasteiger partial charge in [0.05, 0.1) is 11.4 Å². The molecule has 0 aliphatic carbocycles. The number of urea groups is 1. The molecule has 1 heterocycles. The van der Waals surface area contributed by atoms with Crippen molar-refractivity contribution in [3.05, 3.63) is 42.5 Å². The SMILES string of the molecule is C=CCN1C(=O)C(=O)N(CC(=O)c2ccc(S(C)(=O)=O)cc2)C1=O. The van der Waals surface area contributed by atoms with Gasteiger partial charge in [-0.3, -0.25) is 19.3 Å². The smallest absolute Gasteiger partial charge is 0.292 e. The van der Waals surface area contributed by atoms with E-state index in [1.165, 1.54) is 30.3 Å². The number of Topliss-reactive ketones (excluding diaryl/α,β-unsaturated/α-hetero) is 1. The van der Waals surface area contributed by atoms with Gasteiger partial charge in [-0.15, -0.1) is 6.58 Å². The van der Waals surface area contributed by atoms with E-state index < -0.39 is 40.0 Å². The summed E-state index contributed by atoms with van der Waals surface area (Å²) in [7, 11) is -3.40. The third-order valence-corrected chi connectivity index (χ3v) is 4.48. The minimum absolute atomic E-state index is 0.0414. The maximum Gasteiger partial charge on any atom is 0.334 e. The lowest BCUT2D eigenvalue weighted by atomic mass is 10.1. The Hall–Kier alpha value is -2.81. The van der Waals surface area contributed by atoms with Crippen LogP contribution in [-0.2, 0) is 19.4 Å². The highest BCUT2D eigenvalue weighted by molar-refractivity contribution is 7.90. The number of sulfone groups is 1. The molecule has 1 aromatic rings. The highest BCUT2D eigenvalue weighted by Gasteiger charge is 2.44. The van der Waals surface area contributed by atoms with E-state index in [1.807, 2.05) is 0 Å². The standard InChI is InChI=1S/C15H14N2O6S/c1-3-8-16-13(19)14(20)17(15(16)21)9-12(18)10-4-6-11(7-5-10)24(2,22)23/h3-7H,1,8-9H2,2H3. The van der Waals surface area contributed by atoms with Crippen LogP contribution in [0.1, 0.15) is 10.4 Å². The lowest BCUT2D eigenvalue weighted by Gasteiger charge is -2.13. The zero-order valence-corrected chi connectivity index (χ0v) is 13.6. The second kappa shape index (κ2) is 6.36. The number of ketones is 1. The van der Waals surface area contributed by atoms with Crippen LogP contribution in [0, 0.1) is 0 Å². The van der Waals surface area contributed by atoms with Crippen molar-refractivity contribution in [3.8, 4) is 0 Å². The third kappa shape index (κ3) is 3.25. The van der Waals surface area contributed by atoms with E-state index >= 15 is 0 Å². The minimum Gasteiger partial charge on any atom is -0.292 e. The predicted molar refractivity (Wildman–Crippen MR) is 82.9 cm³/mol. The highest BCUT2D eigenvalue weighted by atomic mass is 32.2. The average Bonchev–Trinajstić information content (AvgIpc) is 2.72. The summed E-state index contributed by atoms with van der Waals surface area (Å²) in [6.45, 7) is 2.66. The molecular formula is C15H14N2O6S. The van der Waals surface area contributed by atoms with Gasteiger partial charge in [-0.1, -0.05) is 18.2 Å². The zero-order chi connectivity index (χ0) is 18.1. The molecule has 9 heteroatoms. The summed E-state index contributed by atoms with van der Waals surface area (Å²) in [5.41, 5.74) is 0.123. The number of hydrogen-bond acceptors (Lipinski definition) is 6. The lowest BCUT2D eigenvalue weighted by Crippen LogP contribution is -2.37. The first-order chi connectivity index (χ1) is 11.2. The van der Waals surface area contributed by atoms with Crippen LogP contribution in [0.5, 0.6) is 0 Å². The maximum absolute atomic E-state index is 12.2. The quantitative estimate of drug-likeness (QED) is 0.315. The fourth-order valence-corrected chi connectivity index (χ4v) is 2.73. The minimum atomic E-state index is -3.40. The van der Waals surface area contributed by atoms with Gasteiger partial charge in [0, 0.05) is 18.4 Å². The number of imide groups is 2. The van der Waals surface area contributed by atoms with Crippen molar-refractivity contribution >= 4 is 33.5 Å². The number of hydrogen-bond donors (Lipinski definition) is 0. The summed E-state index contributed by atoms with van der Waals surface area (Å²) >= 11 is 0. The van der Waals surface area contributed by atoms with Gasteiger partial charge in [0.15, 0.2) is 15.6 Å². The summed E-state index contributed by atoms with van der Waals surface area (Å²) in [6, 6.07) is 4.20. The van der Waals surface area contributed by atoms with Crippen LogP contribution in [0.4, 0.5) is 4.79 Å². The Balaban J connectivity index is 2.18. The first-order valence-corrected chi connectivity index (χ1v) is 8.67. The van der Waals surface area contributed by atoms with Gasteiger partial charge < -0.3 is 0 Å². The van der Waals surface area contributed by atoms with Gasteiger partial charge in [0.25, 0.3) is 0 Å². The molecule has 1 fully saturated rings. The van der Waals surface area contributed by atoms with Gasteiger partial charge >= 0.3 is 17.8 Å². The summed E-state index contributed by atoms with van der Waals surface area (Å²) < 4.78 is 22.8. The van der Waals surface area contributed by atoms with Crippen molar-refractivity contribution < 1.29 is 27.6 Å². The Bertz CT molecular complexity index is 841. The van der Waals surface area contributed by atoms with Crippen molar-refractivity contribution in [3.63, 3.8) is 0 Å². The van der Waals surface area contributed by atoms with Crippen LogP contribution in [0.15, 0.2) is 41.8 Å². The molecule has 0 aromatic heterocycles. The molecule has 1 aliphatic heterocycles. The first-order valence-electron chi connectivity index (χ1n) is 6.78. The van der Waals surface area contributed by atoms with Crippen LogP contribution >= 0.6 is 0 Å². The molecule has 0 saturated carbocycles. The molecule has 0 spiro atoms. The number of carbonyl (C=O) groups excluding carboxylic acids is 4. The van der Waals surface area contributed by atoms with Gasteiger partial charge in [-0.2, -0.15) is 0 Å². The van der Waals surface area contributed by atoms with Gasteiger partial charge in [0.2, 0.25) is 0 Å². The van der Waals surface area contributed by atoms with E-state index in [0.29, 0.717) is 9.80 Å². The summed E-state index contributed by atoms with van der Waals surface area (Å²) in [4.78, 5) is 48.9. The van der Waals surface area contributed by atoms with Crippen LogP contribution in [0.2, 0.25) is 0 Å².